The van der Waals surface area contributed by atoms with Gasteiger partial charge in [0.15, 0.2) is 0 Å². The van der Waals surface area contributed by atoms with Crippen molar-refractivity contribution in [1.29, 1.82) is 0 Å². The molecule has 1 aliphatic rings. The predicted molar refractivity (Wildman–Crippen MR) is 77.4 cm³/mol. The largest absolute Gasteiger partial charge is 0.478 e. The average Bonchev–Trinajstić information content (AvgIpc) is 2.32. The Labute approximate surface area is 112 Å². The van der Waals surface area contributed by atoms with Crippen LogP contribution in [-0.4, -0.2) is 47.1 Å². The highest BCUT2D eigenvalue weighted by atomic mass is 29.2. The molecule has 0 atom stereocenters. The summed E-state index contributed by atoms with van der Waals surface area (Å²) in [5.41, 5.74) is 0.352. The second-order valence-corrected chi connectivity index (χ2v) is 9.42. The van der Waals surface area contributed by atoms with Crippen LogP contribution in [0.25, 0.3) is 0 Å². The van der Waals surface area contributed by atoms with Gasteiger partial charge in [-0.15, -0.1) is 0 Å². The summed E-state index contributed by atoms with van der Waals surface area (Å²) in [4.78, 5) is 19.2. The van der Waals surface area contributed by atoms with E-state index >= 15 is 0 Å². The molecule has 2 N–H and O–H groups in total. The van der Waals surface area contributed by atoms with Crippen molar-refractivity contribution in [2.75, 3.05) is 6.61 Å². The molecule has 0 bridgehead atoms. The first-order chi connectivity index (χ1) is 8.29. The summed E-state index contributed by atoms with van der Waals surface area (Å²) in [6, 6.07) is 1.58. The summed E-state index contributed by atoms with van der Waals surface area (Å²) >= 11 is 0. The molecule has 0 aromatic heterocycles. The van der Waals surface area contributed by atoms with Crippen molar-refractivity contribution in [3.8, 4) is 0 Å². The number of rotatable bonds is 2. The summed E-state index contributed by atoms with van der Waals surface area (Å²) in [5.74, 6) is -1.87. The monoisotopic (exact) mass is 290 g/mol. The van der Waals surface area contributed by atoms with Crippen molar-refractivity contribution in [3.63, 3.8) is 0 Å². The van der Waals surface area contributed by atoms with E-state index in [9.17, 15) is 9.59 Å². The van der Waals surface area contributed by atoms with E-state index in [2.05, 4.69) is 13.2 Å². The predicted octanol–water partition coefficient (Wildman–Crippen LogP) is 0.287. The van der Waals surface area contributed by atoms with Gasteiger partial charge in [0.05, 0.1) is 0 Å². The lowest BCUT2D eigenvalue weighted by Gasteiger charge is -2.07. The number of aliphatic carboxylic acids is 2. The van der Waals surface area contributed by atoms with Crippen LogP contribution in [0.1, 0.15) is 20.3 Å². The van der Waals surface area contributed by atoms with E-state index in [1.807, 2.05) is 0 Å². The zero-order valence-corrected chi connectivity index (χ0v) is 13.9. The van der Waals surface area contributed by atoms with Crippen LogP contribution in [0.3, 0.4) is 0 Å². The maximum Gasteiger partial charge on any atom is 0.330 e. The van der Waals surface area contributed by atoms with Gasteiger partial charge in [-0.2, -0.15) is 0 Å². The first-order valence-electron chi connectivity index (χ1n) is 5.64. The summed E-state index contributed by atoms with van der Waals surface area (Å²) in [6.45, 7) is 10.3. The molecule has 7 heteroatoms. The Bertz CT molecular complexity index is 238. The van der Waals surface area contributed by atoms with Crippen molar-refractivity contribution in [2.45, 2.75) is 26.3 Å². The minimum absolute atomic E-state index is 0.147. The number of carboxylic acid groups (broad SMARTS) is 2. The van der Waals surface area contributed by atoms with Gasteiger partial charge in [-0.25, -0.2) is 9.59 Å². The average molecular weight is 290 g/mol. The van der Waals surface area contributed by atoms with Gasteiger partial charge < -0.3 is 14.6 Å². The Morgan fingerprint density at radius 3 is 1.56 bits per heavy atom. The second-order valence-electron chi connectivity index (χ2n) is 3.84. The lowest BCUT2D eigenvalue weighted by molar-refractivity contribution is -0.133. The van der Waals surface area contributed by atoms with Gasteiger partial charge in [0.1, 0.15) is 9.28 Å². The Hall–Kier alpha value is -1.19. The standard InChI is InChI=1S/2C4H6O2.C3H10OSi2/c2*1-3(2)4(5)6;1-2-4-6-5-3-1/h2*1H2,2H3,(H,5,6);1-3,5-6H2. The maximum absolute atomic E-state index is 9.60. The van der Waals surface area contributed by atoms with Crippen molar-refractivity contribution < 1.29 is 24.2 Å². The lowest BCUT2D eigenvalue weighted by Crippen LogP contribution is -2.15. The third-order valence-corrected chi connectivity index (χ3v) is 6.91. The minimum atomic E-state index is -0.935. The van der Waals surface area contributed by atoms with Crippen LogP contribution in [-0.2, 0) is 14.0 Å². The first-order valence-corrected chi connectivity index (χ1v) is 11.2. The normalized spacial score (nSPS) is 15.7. The van der Waals surface area contributed by atoms with Crippen molar-refractivity contribution >= 4 is 30.3 Å². The molecule has 5 nitrogen and oxygen atoms in total. The Morgan fingerprint density at radius 2 is 1.50 bits per heavy atom. The van der Waals surface area contributed by atoms with Crippen LogP contribution in [0.5, 0.6) is 0 Å². The summed E-state index contributed by atoms with van der Waals surface area (Å²) in [6.07, 6.45) is 1.37. The van der Waals surface area contributed by atoms with E-state index in [-0.39, 0.29) is 20.4 Å². The number of hydrogen-bond donors (Lipinski definition) is 2. The quantitative estimate of drug-likeness (QED) is 0.564. The third kappa shape index (κ3) is 17.2. The molecule has 0 unspecified atom stereocenters. The van der Waals surface area contributed by atoms with Gasteiger partial charge in [0.25, 0.3) is 0 Å². The fourth-order valence-electron chi connectivity index (χ4n) is 0.687. The summed E-state index contributed by atoms with van der Waals surface area (Å²) in [7, 11) is 0.573. The Balaban J connectivity index is 0. The molecule has 0 amide bonds. The molecule has 0 aliphatic carbocycles. The zero-order chi connectivity index (χ0) is 14.6. The Kier molecular flexibility index (Phi) is 13.1. The van der Waals surface area contributed by atoms with E-state index in [1.54, 1.807) is 6.04 Å². The molecule has 1 saturated heterocycles. The SMILES string of the molecule is C1CO[SiH2][SiH2]C1.C=C(C)C(=O)O.C=C(C)C(=O)O. The second kappa shape index (κ2) is 12.3. The molecule has 0 aromatic rings. The van der Waals surface area contributed by atoms with Gasteiger partial charge >= 0.3 is 11.9 Å². The highest BCUT2D eigenvalue weighted by molar-refractivity contribution is 6.97. The van der Waals surface area contributed by atoms with E-state index < -0.39 is 11.9 Å². The van der Waals surface area contributed by atoms with E-state index in [0.717, 1.165) is 6.61 Å². The molecule has 0 saturated carbocycles. The maximum atomic E-state index is 9.60. The number of hydrogen-bond acceptors (Lipinski definition) is 3. The minimum Gasteiger partial charge on any atom is -0.478 e. The molecule has 0 spiro atoms. The molecule has 1 rings (SSSR count). The van der Waals surface area contributed by atoms with Crippen molar-refractivity contribution in [1.82, 2.24) is 0 Å². The summed E-state index contributed by atoms with van der Waals surface area (Å²) in [5, 5.41) is 15.8. The smallest absolute Gasteiger partial charge is 0.330 e. The van der Waals surface area contributed by atoms with Crippen LogP contribution in [0.4, 0.5) is 0 Å². The van der Waals surface area contributed by atoms with Crippen LogP contribution >= 0.6 is 0 Å². The van der Waals surface area contributed by atoms with Crippen LogP contribution in [0.2, 0.25) is 6.04 Å². The van der Waals surface area contributed by atoms with E-state index in [0.29, 0.717) is 9.04 Å². The molecule has 18 heavy (non-hydrogen) atoms. The van der Waals surface area contributed by atoms with E-state index in [1.165, 1.54) is 20.3 Å². The molecule has 1 fully saturated rings. The van der Waals surface area contributed by atoms with E-state index in [4.69, 9.17) is 14.6 Å². The van der Waals surface area contributed by atoms with Gasteiger partial charge in [-0.1, -0.05) is 19.2 Å². The fourth-order valence-corrected chi connectivity index (χ4v) is 4.96. The number of carbonyl (C=O) groups is 2. The molecule has 1 aliphatic heterocycles. The molecule has 1 heterocycles. The highest BCUT2D eigenvalue weighted by Gasteiger charge is 1.97. The number of carboxylic acids is 2. The molecule has 0 aromatic carbocycles. The molecular weight excluding hydrogens is 268 g/mol. The van der Waals surface area contributed by atoms with Crippen molar-refractivity contribution in [3.05, 3.63) is 24.3 Å². The van der Waals surface area contributed by atoms with Crippen LogP contribution in [0.15, 0.2) is 24.3 Å². The fraction of sp³-hybridized carbons (Fsp3) is 0.455. The lowest BCUT2D eigenvalue weighted by atomic mass is 10.4. The zero-order valence-electron chi connectivity index (χ0n) is 11.1. The summed E-state index contributed by atoms with van der Waals surface area (Å²) < 4.78 is 5.27. The molecule has 104 valence electrons. The van der Waals surface area contributed by atoms with Gasteiger partial charge in [-0.05, 0) is 20.3 Å². The van der Waals surface area contributed by atoms with Gasteiger partial charge in [0, 0.05) is 26.8 Å². The molecular formula is C11H22O5Si2. The van der Waals surface area contributed by atoms with Crippen LogP contribution < -0.4 is 0 Å². The van der Waals surface area contributed by atoms with Crippen LogP contribution in [0, 0.1) is 0 Å². The highest BCUT2D eigenvalue weighted by Crippen LogP contribution is 1.93. The third-order valence-electron chi connectivity index (χ3n) is 1.81. The van der Waals surface area contributed by atoms with Crippen molar-refractivity contribution in [2.24, 2.45) is 0 Å². The first kappa shape index (κ1) is 19.2. The van der Waals surface area contributed by atoms with Gasteiger partial charge in [-0.3, -0.25) is 0 Å². The Morgan fingerprint density at radius 1 is 1.11 bits per heavy atom. The topological polar surface area (TPSA) is 83.8 Å². The molecule has 0 radical (unpaired) electrons. The van der Waals surface area contributed by atoms with Gasteiger partial charge in [0.2, 0.25) is 0 Å².